The number of aliphatic hydroxyl groups is 1. The molecule has 0 spiro atoms. The monoisotopic (exact) mass is 310 g/mol. The first-order valence-corrected chi connectivity index (χ1v) is 9.12. The number of piperidine rings is 1. The van der Waals surface area contributed by atoms with Gasteiger partial charge in [0.25, 0.3) is 0 Å². The van der Waals surface area contributed by atoms with Crippen molar-refractivity contribution in [2.75, 3.05) is 19.6 Å². The van der Waals surface area contributed by atoms with Crippen LogP contribution in [0, 0.1) is 17.8 Å². The van der Waals surface area contributed by atoms with Crippen molar-refractivity contribution >= 4 is 5.91 Å². The highest BCUT2D eigenvalue weighted by Gasteiger charge is 2.30. The standard InChI is InChI=1S/C18H34N2O2/c1-13(2)18(22)9-16-8-17(12-20(11-16)14(3)21)19-10-15-6-4-5-7-15/h13,15-19,22H,4-12H2,1-3H3. The molecule has 0 bridgehead atoms. The molecule has 0 aromatic rings. The van der Waals surface area contributed by atoms with Crippen LogP contribution in [0.15, 0.2) is 0 Å². The molecule has 2 N–H and O–H groups in total. The summed E-state index contributed by atoms with van der Waals surface area (Å²) in [7, 11) is 0. The van der Waals surface area contributed by atoms with E-state index in [0.29, 0.717) is 12.0 Å². The highest BCUT2D eigenvalue weighted by molar-refractivity contribution is 5.73. The van der Waals surface area contributed by atoms with E-state index >= 15 is 0 Å². The van der Waals surface area contributed by atoms with Gasteiger partial charge in [-0.3, -0.25) is 4.79 Å². The van der Waals surface area contributed by atoms with Crippen LogP contribution >= 0.6 is 0 Å². The highest BCUT2D eigenvalue weighted by atomic mass is 16.3. The third kappa shape index (κ3) is 5.24. The van der Waals surface area contributed by atoms with Crippen molar-refractivity contribution < 1.29 is 9.90 Å². The fourth-order valence-electron chi connectivity index (χ4n) is 3.94. The van der Waals surface area contributed by atoms with E-state index in [1.54, 1.807) is 6.92 Å². The molecule has 2 fully saturated rings. The Hall–Kier alpha value is -0.610. The number of likely N-dealkylation sites (tertiary alicyclic amines) is 1. The van der Waals surface area contributed by atoms with Gasteiger partial charge in [0, 0.05) is 26.1 Å². The van der Waals surface area contributed by atoms with Gasteiger partial charge in [0.1, 0.15) is 0 Å². The Bertz CT molecular complexity index is 353. The van der Waals surface area contributed by atoms with E-state index in [1.165, 1.54) is 25.7 Å². The van der Waals surface area contributed by atoms with Gasteiger partial charge < -0.3 is 15.3 Å². The number of amides is 1. The smallest absolute Gasteiger partial charge is 0.219 e. The maximum Gasteiger partial charge on any atom is 0.219 e. The molecular weight excluding hydrogens is 276 g/mol. The Kier molecular flexibility index (Phi) is 6.69. The molecule has 128 valence electrons. The van der Waals surface area contributed by atoms with Crippen molar-refractivity contribution in [1.82, 2.24) is 10.2 Å². The predicted octanol–water partition coefficient (Wildman–Crippen LogP) is 2.41. The fraction of sp³-hybridized carbons (Fsp3) is 0.944. The molecule has 0 aromatic carbocycles. The van der Waals surface area contributed by atoms with Crippen LogP contribution in [0.2, 0.25) is 0 Å². The van der Waals surface area contributed by atoms with Gasteiger partial charge in [-0.1, -0.05) is 26.7 Å². The van der Waals surface area contributed by atoms with Gasteiger partial charge in [-0.25, -0.2) is 0 Å². The normalized spacial score (nSPS) is 28.3. The maximum atomic E-state index is 11.8. The van der Waals surface area contributed by atoms with E-state index in [4.69, 9.17) is 0 Å². The quantitative estimate of drug-likeness (QED) is 0.792. The Labute approximate surface area is 135 Å². The van der Waals surface area contributed by atoms with Crippen LogP contribution < -0.4 is 5.32 Å². The minimum Gasteiger partial charge on any atom is -0.393 e. The average Bonchev–Trinajstić information content (AvgIpc) is 2.98. The van der Waals surface area contributed by atoms with Crippen LogP contribution in [0.4, 0.5) is 0 Å². The molecule has 2 aliphatic rings. The lowest BCUT2D eigenvalue weighted by Crippen LogP contribution is -2.52. The first-order valence-electron chi connectivity index (χ1n) is 9.12. The molecule has 3 unspecified atom stereocenters. The molecule has 2 rings (SSSR count). The van der Waals surface area contributed by atoms with Crippen LogP contribution in [-0.2, 0) is 4.79 Å². The number of carbonyl (C=O) groups excluding carboxylic acids is 1. The summed E-state index contributed by atoms with van der Waals surface area (Å²) in [6, 6.07) is 0.391. The van der Waals surface area contributed by atoms with Gasteiger partial charge in [0.05, 0.1) is 6.10 Å². The molecule has 4 heteroatoms. The van der Waals surface area contributed by atoms with Crippen LogP contribution in [-0.4, -0.2) is 47.7 Å². The third-order valence-electron chi connectivity index (χ3n) is 5.50. The second kappa shape index (κ2) is 8.30. The van der Waals surface area contributed by atoms with Crippen LogP contribution in [0.3, 0.4) is 0 Å². The summed E-state index contributed by atoms with van der Waals surface area (Å²) in [5.41, 5.74) is 0. The van der Waals surface area contributed by atoms with Crippen LogP contribution in [0.1, 0.15) is 59.3 Å². The zero-order chi connectivity index (χ0) is 16.1. The Morgan fingerprint density at radius 1 is 1.23 bits per heavy atom. The summed E-state index contributed by atoms with van der Waals surface area (Å²) in [4.78, 5) is 13.8. The third-order valence-corrected chi connectivity index (χ3v) is 5.50. The van der Waals surface area contributed by atoms with E-state index in [-0.39, 0.29) is 17.9 Å². The zero-order valence-electron chi connectivity index (χ0n) is 14.6. The molecule has 1 aliphatic carbocycles. The van der Waals surface area contributed by atoms with Crippen LogP contribution in [0.25, 0.3) is 0 Å². The number of hydrogen-bond donors (Lipinski definition) is 2. The Balaban J connectivity index is 1.86. The lowest BCUT2D eigenvalue weighted by Gasteiger charge is -2.39. The molecule has 1 saturated heterocycles. The van der Waals surface area contributed by atoms with E-state index in [0.717, 1.165) is 38.4 Å². The van der Waals surface area contributed by atoms with Crippen molar-refractivity contribution in [3.05, 3.63) is 0 Å². The molecule has 0 aromatic heterocycles. The topological polar surface area (TPSA) is 52.6 Å². The Morgan fingerprint density at radius 2 is 1.91 bits per heavy atom. The largest absolute Gasteiger partial charge is 0.393 e. The van der Waals surface area contributed by atoms with Crippen molar-refractivity contribution in [1.29, 1.82) is 0 Å². The fourth-order valence-corrected chi connectivity index (χ4v) is 3.94. The summed E-state index contributed by atoms with van der Waals surface area (Å²) in [6.07, 6.45) is 7.09. The number of nitrogens with one attached hydrogen (secondary N) is 1. The van der Waals surface area contributed by atoms with Gasteiger partial charge in [-0.05, 0) is 50.0 Å². The second-order valence-corrected chi connectivity index (χ2v) is 7.83. The highest BCUT2D eigenvalue weighted by Crippen LogP contribution is 2.26. The second-order valence-electron chi connectivity index (χ2n) is 7.83. The molecular formula is C18H34N2O2. The van der Waals surface area contributed by atoms with Crippen molar-refractivity contribution in [2.45, 2.75) is 71.4 Å². The van der Waals surface area contributed by atoms with E-state index in [9.17, 15) is 9.90 Å². The number of nitrogens with zero attached hydrogens (tertiary/aromatic N) is 1. The predicted molar refractivity (Wildman–Crippen MR) is 89.6 cm³/mol. The minimum absolute atomic E-state index is 0.163. The average molecular weight is 310 g/mol. The SMILES string of the molecule is CC(=O)N1CC(CC(O)C(C)C)CC(NCC2CCCC2)C1. The number of hydrogen-bond acceptors (Lipinski definition) is 3. The van der Waals surface area contributed by atoms with Crippen molar-refractivity contribution in [2.24, 2.45) is 17.8 Å². The molecule has 1 saturated carbocycles. The van der Waals surface area contributed by atoms with Crippen molar-refractivity contribution in [3.8, 4) is 0 Å². The van der Waals surface area contributed by atoms with Gasteiger partial charge in [-0.2, -0.15) is 0 Å². The van der Waals surface area contributed by atoms with Crippen molar-refractivity contribution in [3.63, 3.8) is 0 Å². The van der Waals surface area contributed by atoms with Gasteiger partial charge in [0.2, 0.25) is 5.91 Å². The van der Waals surface area contributed by atoms with E-state index in [1.807, 2.05) is 4.90 Å². The molecule has 1 heterocycles. The molecule has 4 nitrogen and oxygen atoms in total. The summed E-state index contributed by atoms with van der Waals surface area (Å²) in [5, 5.41) is 13.9. The molecule has 1 aliphatic heterocycles. The zero-order valence-corrected chi connectivity index (χ0v) is 14.6. The molecule has 1 amide bonds. The summed E-state index contributed by atoms with van der Waals surface area (Å²) in [6.45, 7) is 8.51. The molecule has 3 atom stereocenters. The first-order chi connectivity index (χ1) is 10.5. The molecule has 22 heavy (non-hydrogen) atoms. The lowest BCUT2D eigenvalue weighted by molar-refractivity contribution is -0.131. The number of rotatable bonds is 6. The van der Waals surface area contributed by atoms with E-state index in [2.05, 4.69) is 19.2 Å². The summed E-state index contributed by atoms with van der Waals surface area (Å²) >= 11 is 0. The van der Waals surface area contributed by atoms with Crippen LogP contribution in [0.5, 0.6) is 0 Å². The van der Waals surface area contributed by atoms with E-state index < -0.39 is 0 Å². The summed E-state index contributed by atoms with van der Waals surface area (Å²) in [5.74, 6) is 1.69. The van der Waals surface area contributed by atoms with Gasteiger partial charge in [-0.15, -0.1) is 0 Å². The van der Waals surface area contributed by atoms with Gasteiger partial charge >= 0.3 is 0 Å². The number of aliphatic hydroxyl groups excluding tert-OH is 1. The minimum atomic E-state index is -0.257. The number of carbonyl (C=O) groups is 1. The lowest BCUT2D eigenvalue weighted by atomic mass is 9.86. The maximum absolute atomic E-state index is 11.8. The molecule has 0 radical (unpaired) electrons. The van der Waals surface area contributed by atoms with Gasteiger partial charge in [0.15, 0.2) is 0 Å². The first kappa shape index (κ1) is 17.7. The summed E-state index contributed by atoms with van der Waals surface area (Å²) < 4.78 is 0. The Morgan fingerprint density at radius 3 is 2.50 bits per heavy atom.